The molecule has 0 unspecified atom stereocenters. The highest BCUT2D eigenvalue weighted by molar-refractivity contribution is 7.89. The van der Waals surface area contributed by atoms with Gasteiger partial charge in [0.1, 0.15) is 5.75 Å². The van der Waals surface area contributed by atoms with Crippen LogP contribution < -0.4 is 15.4 Å². The lowest BCUT2D eigenvalue weighted by atomic mass is 10.1. The highest BCUT2D eigenvalue weighted by atomic mass is 32.2. The Hall–Kier alpha value is -2.58. The summed E-state index contributed by atoms with van der Waals surface area (Å²) in [6.07, 6.45) is 0.862. The van der Waals surface area contributed by atoms with Crippen LogP contribution in [-0.4, -0.2) is 52.5 Å². The third-order valence-electron chi connectivity index (χ3n) is 4.88. The van der Waals surface area contributed by atoms with Gasteiger partial charge in [0.2, 0.25) is 10.0 Å². The van der Waals surface area contributed by atoms with Crippen LogP contribution in [0.2, 0.25) is 0 Å². The predicted octanol–water partition coefficient (Wildman–Crippen LogP) is 2.63. The van der Waals surface area contributed by atoms with E-state index in [9.17, 15) is 8.42 Å². The third kappa shape index (κ3) is 6.47. The molecule has 0 fully saturated rings. The summed E-state index contributed by atoms with van der Waals surface area (Å²) < 4.78 is 31.6. The van der Waals surface area contributed by atoms with E-state index < -0.39 is 10.0 Å². The van der Waals surface area contributed by atoms with E-state index in [2.05, 4.69) is 15.6 Å². The number of hydrogen-bond donors (Lipinski definition) is 2. The maximum atomic E-state index is 12.5. The minimum atomic E-state index is -3.46. The normalized spacial score (nSPS) is 12.3. The van der Waals surface area contributed by atoms with E-state index in [1.54, 1.807) is 33.3 Å². The van der Waals surface area contributed by atoms with Gasteiger partial charge in [-0.1, -0.05) is 24.3 Å². The number of guanidine groups is 1. The Morgan fingerprint density at radius 2 is 1.63 bits per heavy atom. The molecule has 8 heteroatoms. The molecule has 2 rings (SSSR count). The predicted molar refractivity (Wildman–Crippen MR) is 121 cm³/mol. The molecule has 30 heavy (non-hydrogen) atoms. The molecule has 7 nitrogen and oxygen atoms in total. The van der Waals surface area contributed by atoms with Gasteiger partial charge in [-0.2, -0.15) is 4.31 Å². The summed E-state index contributed by atoms with van der Waals surface area (Å²) in [5.41, 5.74) is 2.18. The summed E-state index contributed by atoms with van der Waals surface area (Å²) in [5.74, 6) is 1.54. The van der Waals surface area contributed by atoms with Gasteiger partial charge < -0.3 is 15.4 Å². The molecule has 164 valence electrons. The van der Waals surface area contributed by atoms with Crippen LogP contribution >= 0.6 is 0 Å². The first-order chi connectivity index (χ1) is 14.3. The van der Waals surface area contributed by atoms with Crippen LogP contribution in [0.4, 0.5) is 0 Å². The Morgan fingerprint density at radius 1 is 1.03 bits per heavy atom. The minimum absolute atomic E-state index is 0.0938. The SMILES string of the molecule is CN=C(NCCc1ccc(OC)cc1)NCc1ccc(S(=O)(=O)N(C)C(C)C)cc1. The lowest BCUT2D eigenvalue weighted by Gasteiger charge is -2.21. The van der Waals surface area contributed by atoms with E-state index >= 15 is 0 Å². The first-order valence-corrected chi connectivity index (χ1v) is 11.4. The van der Waals surface area contributed by atoms with Crippen molar-refractivity contribution in [3.63, 3.8) is 0 Å². The van der Waals surface area contributed by atoms with Gasteiger partial charge in [-0.3, -0.25) is 4.99 Å². The van der Waals surface area contributed by atoms with Crippen LogP contribution in [0.15, 0.2) is 58.4 Å². The average Bonchev–Trinajstić information content (AvgIpc) is 2.76. The second-order valence-corrected chi connectivity index (χ2v) is 9.21. The molecule has 0 bridgehead atoms. The zero-order valence-electron chi connectivity index (χ0n) is 18.3. The van der Waals surface area contributed by atoms with Crippen LogP contribution in [-0.2, 0) is 23.0 Å². The summed E-state index contributed by atoms with van der Waals surface area (Å²) in [6.45, 7) is 4.99. The molecule has 0 saturated heterocycles. The van der Waals surface area contributed by atoms with Crippen molar-refractivity contribution < 1.29 is 13.2 Å². The standard InChI is InChI=1S/C22H32N4O3S/c1-17(2)26(4)30(27,28)21-12-8-19(9-13-21)16-25-22(23-3)24-15-14-18-6-10-20(29-5)11-7-18/h6-13,17H,14-16H2,1-5H3,(H2,23,24,25). The summed E-state index contributed by atoms with van der Waals surface area (Å²) >= 11 is 0. The fourth-order valence-electron chi connectivity index (χ4n) is 2.75. The second-order valence-electron chi connectivity index (χ2n) is 7.21. The quantitative estimate of drug-likeness (QED) is 0.470. The number of nitrogens with one attached hydrogen (secondary N) is 2. The third-order valence-corrected chi connectivity index (χ3v) is 6.92. The van der Waals surface area contributed by atoms with Gasteiger partial charge >= 0.3 is 0 Å². The van der Waals surface area contributed by atoms with Crippen molar-refractivity contribution in [1.29, 1.82) is 0 Å². The fraction of sp³-hybridized carbons (Fsp3) is 0.409. The molecule has 0 aromatic heterocycles. The highest BCUT2D eigenvalue weighted by Gasteiger charge is 2.22. The molecule has 0 heterocycles. The lowest BCUT2D eigenvalue weighted by Crippen LogP contribution is -2.37. The van der Waals surface area contributed by atoms with Crippen molar-refractivity contribution in [3.8, 4) is 5.75 Å². The molecule has 0 amide bonds. The van der Waals surface area contributed by atoms with Crippen LogP contribution in [0.1, 0.15) is 25.0 Å². The largest absolute Gasteiger partial charge is 0.497 e. The maximum absolute atomic E-state index is 12.5. The van der Waals surface area contributed by atoms with Gasteiger partial charge in [-0.15, -0.1) is 0 Å². The zero-order valence-corrected chi connectivity index (χ0v) is 19.2. The molecule has 2 aromatic carbocycles. The molecular weight excluding hydrogens is 400 g/mol. The fourth-order valence-corrected chi connectivity index (χ4v) is 4.11. The summed E-state index contributed by atoms with van der Waals surface area (Å²) in [7, 11) is 1.51. The van der Waals surface area contributed by atoms with E-state index in [1.165, 1.54) is 9.87 Å². The molecule has 0 atom stereocenters. The molecule has 2 N–H and O–H groups in total. The van der Waals surface area contributed by atoms with Crippen molar-refractivity contribution in [1.82, 2.24) is 14.9 Å². The van der Waals surface area contributed by atoms with Gasteiger partial charge in [-0.05, 0) is 55.7 Å². The number of rotatable bonds is 9. The van der Waals surface area contributed by atoms with E-state index in [4.69, 9.17) is 4.74 Å². The lowest BCUT2D eigenvalue weighted by molar-refractivity contribution is 0.410. The van der Waals surface area contributed by atoms with Gasteiger partial charge in [0.25, 0.3) is 0 Å². The highest BCUT2D eigenvalue weighted by Crippen LogP contribution is 2.17. The number of nitrogens with zero attached hydrogens (tertiary/aromatic N) is 2. The summed E-state index contributed by atoms with van der Waals surface area (Å²) in [4.78, 5) is 4.53. The molecule has 0 spiro atoms. The van der Waals surface area contributed by atoms with Crippen molar-refractivity contribution in [2.24, 2.45) is 4.99 Å². The number of ether oxygens (including phenoxy) is 1. The van der Waals surface area contributed by atoms with Crippen molar-refractivity contribution in [2.45, 2.75) is 37.8 Å². The topological polar surface area (TPSA) is 83.0 Å². The van der Waals surface area contributed by atoms with Gasteiger partial charge in [0.05, 0.1) is 12.0 Å². The summed E-state index contributed by atoms with van der Waals surface area (Å²) in [6, 6.07) is 14.8. The van der Waals surface area contributed by atoms with Crippen LogP contribution in [0, 0.1) is 0 Å². The second kappa shape index (κ2) is 11.0. The first-order valence-electron chi connectivity index (χ1n) is 9.92. The molecule has 0 saturated carbocycles. The van der Waals surface area contributed by atoms with E-state index in [1.807, 2.05) is 50.2 Å². The zero-order chi connectivity index (χ0) is 22.1. The van der Waals surface area contributed by atoms with Crippen molar-refractivity contribution in [2.75, 3.05) is 27.7 Å². The van der Waals surface area contributed by atoms with Crippen LogP contribution in [0.5, 0.6) is 5.75 Å². The number of hydrogen-bond acceptors (Lipinski definition) is 4. The van der Waals surface area contributed by atoms with E-state index in [-0.39, 0.29) is 6.04 Å². The number of methoxy groups -OCH3 is 1. The maximum Gasteiger partial charge on any atom is 0.243 e. The first kappa shape index (κ1) is 23.7. The van der Waals surface area contributed by atoms with Gasteiger partial charge in [0.15, 0.2) is 5.96 Å². The number of benzene rings is 2. The monoisotopic (exact) mass is 432 g/mol. The Balaban J connectivity index is 1.85. The molecular formula is C22H32N4O3S. The Kier molecular flexibility index (Phi) is 8.68. The molecule has 0 aliphatic heterocycles. The molecule has 0 radical (unpaired) electrons. The Morgan fingerprint density at radius 3 is 2.17 bits per heavy atom. The number of aliphatic imine (C=N–C) groups is 1. The molecule has 0 aliphatic carbocycles. The molecule has 0 aliphatic rings. The smallest absolute Gasteiger partial charge is 0.243 e. The van der Waals surface area contributed by atoms with Crippen LogP contribution in [0.3, 0.4) is 0 Å². The van der Waals surface area contributed by atoms with Gasteiger partial charge in [-0.25, -0.2) is 8.42 Å². The average molecular weight is 433 g/mol. The van der Waals surface area contributed by atoms with E-state index in [0.717, 1.165) is 24.3 Å². The van der Waals surface area contributed by atoms with E-state index in [0.29, 0.717) is 17.4 Å². The Bertz CT molecular complexity index is 924. The van der Waals surface area contributed by atoms with Crippen molar-refractivity contribution >= 4 is 16.0 Å². The van der Waals surface area contributed by atoms with Crippen LogP contribution in [0.25, 0.3) is 0 Å². The van der Waals surface area contributed by atoms with Crippen molar-refractivity contribution in [3.05, 3.63) is 59.7 Å². The Labute approximate surface area is 180 Å². The summed E-state index contributed by atoms with van der Waals surface area (Å²) in [5, 5.41) is 6.53. The molecule has 2 aromatic rings. The van der Waals surface area contributed by atoms with Gasteiger partial charge in [0, 0.05) is 33.2 Å². The minimum Gasteiger partial charge on any atom is -0.497 e. The number of sulfonamides is 1.